The van der Waals surface area contributed by atoms with Gasteiger partial charge in [-0.25, -0.2) is 0 Å². The summed E-state index contributed by atoms with van der Waals surface area (Å²) in [6, 6.07) is 0.634. The molecule has 0 spiro atoms. The largest absolute Gasteiger partial charge is 0.375 e. The average molecular weight is 238 g/mol. The van der Waals surface area contributed by atoms with Crippen LogP contribution in [0, 0.1) is 5.41 Å². The van der Waals surface area contributed by atoms with Crippen molar-refractivity contribution in [2.24, 2.45) is 11.1 Å². The minimum atomic E-state index is 0.185. The van der Waals surface area contributed by atoms with E-state index in [1.54, 1.807) is 0 Å². The standard InChI is InChI=1S/C14H26N2O/c1-13(6-7-13)14(2,10-15)16-8-9-17-12-5-3-4-11(12)16/h11-12H,3-10,15H2,1-2H3. The van der Waals surface area contributed by atoms with Gasteiger partial charge in [0, 0.05) is 24.7 Å². The molecule has 1 aliphatic heterocycles. The summed E-state index contributed by atoms with van der Waals surface area (Å²) in [4.78, 5) is 2.71. The van der Waals surface area contributed by atoms with Crippen molar-refractivity contribution < 1.29 is 4.74 Å². The van der Waals surface area contributed by atoms with Gasteiger partial charge in [-0.3, -0.25) is 4.90 Å². The number of morpholine rings is 1. The highest BCUT2D eigenvalue weighted by Gasteiger charge is 2.57. The normalized spacial score (nSPS) is 39.7. The zero-order chi connectivity index (χ0) is 12.1. The second-order valence-corrected chi connectivity index (χ2v) is 6.64. The van der Waals surface area contributed by atoms with E-state index < -0.39 is 0 Å². The number of rotatable bonds is 3. The maximum absolute atomic E-state index is 6.16. The predicted octanol–water partition coefficient (Wildman–Crippen LogP) is 1.76. The Morgan fingerprint density at radius 1 is 1.41 bits per heavy atom. The molecule has 3 fully saturated rings. The van der Waals surface area contributed by atoms with Crippen molar-refractivity contribution in [2.45, 2.75) is 63.6 Å². The van der Waals surface area contributed by atoms with Crippen LogP contribution in [0.5, 0.6) is 0 Å². The van der Waals surface area contributed by atoms with Crippen molar-refractivity contribution in [3.63, 3.8) is 0 Å². The Kier molecular flexibility index (Phi) is 2.77. The molecule has 3 rings (SSSR count). The maximum atomic E-state index is 6.16. The lowest BCUT2D eigenvalue weighted by molar-refractivity contribution is -0.110. The molecule has 3 unspecified atom stereocenters. The molecule has 2 N–H and O–H groups in total. The molecule has 3 nitrogen and oxygen atoms in total. The molecule has 3 aliphatic rings. The summed E-state index contributed by atoms with van der Waals surface area (Å²) in [6.07, 6.45) is 7.04. The summed E-state index contributed by atoms with van der Waals surface area (Å²) < 4.78 is 5.92. The molecular weight excluding hydrogens is 212 g/mol. The van der Waals surface area contributed by atoms with Crippen LogP contribution in [0.1, 0.15) is 46.0 Å². The van der Waals surface area contributed by atoms with Crippen LogP contribution in [0.25, 0.3) is 0 Å². The lowest BCUT2D eigenvalue weighted by atomic mass is 9.80. The van der Waals surface area contributed by atoms with E-state index in [9.17, 15) is 0 Å². The summed E-state index contributed by atoms with van der Waals surface area (Å²) in [6.45, 7) is 7.56. The van der Waals surface area contributed by atoms with Gasteiger partial charge in [0.2, 0.25) is 0 Å². The van der Waals surface area contributed by atoms with Crippen LogP contribution in [-0.2, 0) is 4.74 Å². The Hall–Kier alpha value is -0.120. The molecule has 0 aromatic rings. The first-order valence-electron chi connectivity index (χ1n) is 7.19. The van der Waals surface area contributed by atoms with Crippen molar-refractivity contribution in [1.29, 1.82) is 0 Å². The highest BCUT2D eigenvalue weighted by Crippen LogP contribution is 2.56. The molecule has 0 bridgehead atoms. The first kappa shape index (κ1) is 11.9. The molecule has 0 radical (unpaired) electrons. The molecule has 2 saturated carbocycles. The van der Waals surface area contributed by atoms with Crippen LogP contribution in [-0.4, -0.2) is 42.3 Å². The van der Waals surface area contributed by atoms with Crippen molar-refractivity contribution >= 4 is 0 Å². The van der Waals surface area contributed by atoms with Crippen molar-refractivity contribution in [3.05, 3.63) is 0 Å². The average Bonchev–Trinajstić information content (AvgIpc) is 2.94. The maximum Gasteiger partial charge on any atom is 0.0731 e. The molecule has 2 aliphatic carbocycles. The molecule has 0 amide bonds. The summed E-state index contributed by atoms with van der Waals surface area (Å²) in [5, 5.41) is 0. The second kappa shape index (κ2) is 3.94. The Morgan fingerprint density at radius 3 is 2.82 bits per heavy atom. The molecule has 0 aromatic carbocycles. The summed E-state index contributed by atoms with van der Waals surface area (Å²) in [7, 11) is 0. The molecule has 98 valence electrons. The Bertz CT molecular complexity index is 303. The molecule has 0 aromatic heterocycles. The number of hydrogen-bond donors (Lipinski definition) is 1. The molecule has 3 atom stereocenters. The van der Waals surface area contributed by atoms with Crippen molar-refractivity contribution in [2.75, 3.05) is 19.7 Å². The van der Waals surface area contributed by atoms with Crippen molar-refractivity contribution in [1.82, 2.24) is 4.90 Å². The Labute approximate surface area is 105 Å². The number of ether oxygens (including phenoxy) is 1. The smallest absolute Gasteiger partial charge is 0.0731 e. The number of nitrogens with two attached hydrogens (primary N) is 1. The second-order valence-electron chi connectivity index (χ2n) is 6.64. The molecule has 1 heterocycles. The molecule has 17 heavy (non-hydrogen) atoms. The predicted molar refractivity (Wildman–Crippen MR) is 68.9 cm³/mol. The van der Waals surface area contributed by atoms with Gasteiger partial charge in [-0.05, 0) is 44.4 Å². The molecular formula is C14H26N2O. The van der Waals surface area contributed by atoms with Gasteiger partial charge in [0.15, 0.2) is 0 Å². The van der Waals surface area contributed by atoms with Gasteiger partial charge in [0.25, 0.3) is 0 Å². The van der Waals surface area contributed by atoms with Crippen LogP contribution in [0.3, 0.4) is 0 Å². The van der Waals surface area contributed by atoms with Crippen LogP contribution in [0.2, 0.25) is 0 Å². The third kappa shape index (κ3) is 1.66. The molecule has 1 saturated heterocycles. The summed E-state index contributed by atoms with van der Waals surface area (Å²) >= 11 is 0. The van der Waals surface area contributed by atoms with E-state index in [1.165, 1.54) is 32.1 Å². The molecule has 3 heteroatoms. The van der Waals surface area contributed by atoms with Crippen molar-refractivity contribution in [3.8, 4) is 0 Å². The fraction of sp³-hybridized carbons (Fsp3) is 1.00. The quantitative estimate of drug-likeness (QED) is 0.814. The van der Waals surface area contributed by atoms with Gasteiger partial charge in [-0.15, -0.1) is 0 Å². The van der Waals surface area contributed by atoms with E-state index in [-0.39, 0.29) is 5.54 Å². The van der Waals surface area contributed by atoms with Gasteiger partial charge < -0.3 is 10.5 Å². The van der Waals surface area contributed by atoms with E-state index in [4.69, 9.17) is 10.5 Å². The zero-order valence-corrected chi connectivity index (χ0v) is 11.2. The monoisotopic (exact) mass is 238 g/mol. The van der Waals surface area contributed by atoms with E-state index >= 15 is 0 Å². The lowest BCUT2D eigenvalue weighted by Crippen LogP contribution is -2.64. The lowest BCUT2D eigenvalue weighted by Gasteiger charge is -2.52. The first-order chi connectivity index (χ1) is 8.11. The fourth-order valence-electron chi connectivity index (χ4n) is 3.97. The van der Waals surface area contributed by atoms with Gasteiger partial charge >= 0.3 is 0 Å². The van der Waals surface area contributed by atoms with Crippen LogP contribution < -0.4 is 5.73 Å². The number of hydrogen-bond acceptors (Lipinski definition) is 3. The number of nitrogens with zero attached hydrogens (tertiary/aromatic N) is 1. The highest BCUT2D eigenvalue weighted by molar-refractivity contribution is 5.12. The third-order valence-corrected chi connectivity index (χ3v) is 5.81. The number of fused-ring (bicyclic) bond motifs is 1. The third-order valence-electron chi connectivity index (χ3n) is 5.81. The summed E-state index contributed by atoms with van der Waals surface area (Å²) in [5.41, 5.74) is 6.80. The first-order valence-corrected chi connectivity index (χ1v) is 7.19. The van der Waals surface area contributed by atoms with E-state index in [0.717, 1.165) is 19.7 Å². The minimum Gasteiger partial charge on any atom is -0.375 e. The van der Waals surface area contributed by atoms with Crippen LogP contribution in [0.4, 0.5) is 0 Å². The van der Waals surface area contributed by atoms with E-state index in [0.29, 0.717) is 17.6 Å². The van der Waals surface area contributed by atoms with Crippen LogP contribution in [0.15, 0.2) is 0 Å². The Balaban J connectivity index is 1.85. The topological polar surface area (TPSA) is 38.5 Å². The minimum absolute atomic E-state index is 0.185. The summed E-state index contributed by atoms with van der Waals surface area (Å²) in [5.74, 6) is 0. The fourth-order valence-corrected chi connectivity index (χ4v) is 3.97. The van der Waals surface area contributed by atoms with Gasteiger partial charge in [0.1, 0.15) is 0 Å². The Morgan fingerprint density at radius 2 is 2.18 bits per heavy atom. The SMILES string of the molecule is CC1(C(C)(CN)N2CCOC3CCCC32)CC1. The van der Waals surface area contributed by atoms with Gasteiger partial charge in [-0.1, -0.05) is 6.92 Å². The van der Waals surface area contributed by atoms with E-state index in [1.807, 2.05) is 0 Å². The van der Waals surface area contributed by atoms with Gasteiger partial charge in [0.05, 0.1) is 12.7 Å². The zero-order valence-electron chi connectivity index (χ0n) is 11.2. The van der Waals surface area contributed by atoms with Crippen LogP contribution >= 0.6 is 0 Å². The van der Waals surface area contributed by atoms with E-state index in [2.05, 4.69) is 18.7 Å². The van der Waals surface area contributed by atoms with Gasteiger partial charge in [-0.2, -0.15) is 0 Å². The highest BCUT2D eigenvalue weighted by atomic mass is 16.5.